The number of amides is 1. The van der Waals surface area contributed by atoms with Gasteiger partial charge in [0.05, 0.1) is 12.2 Å². The fraction of sp³-hybridized carbons (Fsp3) is 0.0625. The third-order valence-corrected chi connectivity index (χ3v) is 2.88. The minimum atomic E-state index is -0.475. The van der Waals surface area contributed by atoms with Gasteiger partial charge in [-0.05, 0) is 36.4 Å². The van der Waals surface area contributed by atoms with E-state index in [0.29, 0.717) is 16.3 Å². The summed E-state index contributed by atoms with van der Waals surface area (Å²) in [6, 6.07) is 10.4. The van der Waals surface area contributed by atoms with Gasteiger partial charge in [0.2, 0.25) is 0 Å². The molecule has 3 nitrogen and oxygen atoms in total. The van der Waals surface area contributed by atoms with Crippen molar-refractivity contribution < 1.29 is 9.18 Å². The second kappa shape index (κ2) is 6.89. The summed E-state index contributed by atoms with van der Waals surface area (Å²) < 4.78 is 13.1. The molecule has 0 heterocycles. The summed E-state index contributed by atoms with van der Waals surface area (Å²) in [6.45, 7) is 0.208. The summed E-state index contributed by atoms with van der Waals surface area (Å²) in [7, 11) is 0. The Bertz CT molecular complexity index is 735. The lowest BCUT2D eigenvalue weighted by Gasteiger charge is -2.08. The molecule has 0 fully saturated rings. The Kier molecular flexibility index (Phi) is 4.94. The maximum atomic E-state index is 13.1. The molecule has 5 heteroatoms. The number of carbonyl (C=O) groups is 1. The molecule has 21 heavy (non-hydrogen) atoms. The zero-order chi connectivity index (χ0) is 15.2. The highest BCUT2D eigenvalue weighted by Crippen LogP contribution is 2.21. The van der Waals surface area contributed by atoms with Crippen LogP contribution in [0, 0.1) is 17.7 Å². The minimum absolute atomic E-state index is 0.208. The Morgan fingerprint density at radius 3 is 2.81 bits per heavy atom. The predicted molar refractivity (Wildman–Crippen MR) is 81.7 cm³/mol. The normalized spacial score (nSPS) is 9.67. The van der Waals surface area contributed by atoms with Crippen LogP contribution in [0.25, 0.3) is 0 Å². The summed E-state index contributed by atoms with van der Waals surface area (Å²) in [5, 5.41) is 3.13. The summed E-state index contributed by atoms with van der Waals surface area (Å²) in [4.78, 5) is 12.1. The molecule has 2 aromatic rings. The first kappa shape index (κ1) is 15.0. The molecule has 106 valence electrons. The highest BCUT2D eigenvalue weighted by molar-refractivity contribution is 6.31. The van der Waals surface area contributed by atoms with Crippen molar-refractivity contribution >= 4 is 23.2 Å². The van der Waals surface area contributed by atoms with Crippen LogP contribution in [0.3, 0.4) is 0 Å². The van der Waals surface area contributed by atoms with Crippen molar-refractivity contribution in [1.82, 2.24) is 0 Å². The van der Waals surface area contributed by atoms with Gasteiger partial charge in [-0.2, -0.15) is 0 Å². The van der Waals surface area contributed by atoms with Crippen molar-refractivity contribution in [3.8, 4) is 11.8 Å². The lowest BCUT2D eigenvalue weighted by atomic mass is 10.1. The van der Waals surface area contributed by atoms with E-state index in [-0.39, 0.29) is 12.1 Å². The third-order valence-electron chi connectivity index (χ3n) is 2.64. The molecule has 0 atom stereocenters. The maximum Gasteiger partial charge on any atom is 0.255 e. The Morgan fingerprint density at radius 1 is 1.29 bits per heavy atom. The van der Waals surface area contributed by atoms with Crippen molar-refractivity contribution in [2.45, 2.75) is 0 Å². The smallest absolute Gasteiger partial charge is 0.255 e. The molecule has 2 rings (SSSR count). The number of benzene rings is 2. The number of halogens is 2. The van der Waals surface area contributed by atoms with Crippen molar-refractivity contribution in [3.63, 3.8) is 0 Å². The molecular weight excluding hydrogens is 291 g/mol. The summed E-state index contributed by atoms with van der Waals surface area (Å²) in [6.07, 6.45) is 0. The highest BCUT2D eigenvalue weighted by Gasteiger charge is 2.09. The molecule has 0 aliphatic heterocycles. The molecule has 0 bridgehead atoms. The zero-order valence-corrected chi connectivity index (χ0v) is 11.7. The van der Waals surface area contributed by atoms with Crippen molar-refractivity contribution in [2.24, 2.45) is 5.73 Å². The van der Waals surface area contributed by atoms with Crippen LogP contribution >= 0.6 is 11.6 Å². The third kappa shape index (κ3) is 4.06. The molecule has 3 N–H and O–H groups in total. The second-order valence-corrected chi connectivity index (χ2v) is 4.60. The van der Waals surface area contributed by atoms with Gasteiger partial charge in [-0.3, -0.25) is 4.79 Å². The second-order valence-electron chi connectivity index (χ2n) is 4.16. The zero-order valence-electron chi connectivity index (χ0n) is 11.0. The lowest BCUT2D eigenvalue weighted by molar-refractivity contribution is 0.102. The number of hydrogen-bond acceptors (Lipinski definition) is 2. The van der Waals surface area contributed by atoms with E-state index in [1.165, 1.54) is 18.2 Å². The topological polar surface area (TPSA) is 55.1 Å². The molecule has 0 aromatic heterocycles. The molecule has 2 aromatic carbocycles. The molecular formula is C16H12ClFN2O. The van der Waals surface area contributed by atoms with E-state index in [9.17, 15) is 9.18 Å². The number of rotatable bonds is 2. The Balaban J connectivity index is 2.30. The minimum Gasteiger partial charge on any atom is -0.321 e. The number of carbonyl (C=O) groups excluding carboxylic acids is 1. The van der Waals surface area contributed by atoms with Gasteiger partial charge in [0.25, 0.3) is 5.91 Å². The van der Waals surface area contributed by atoms with E-state index >= 15 is 0 Å². The number of anilines is 1. The fourth-order valence-corrected chi connectivity index (χ4v) is 1.87. The summed E-state index contributed by atoms with van der Waals surface area (Å²) >= 11 is 5.92. The first-order valence-electron chi connectivity index (χ1n) is 6.15. The van der Waals surface area contributed by atoms with Crippen molar-refractivity contribution in [3.05, 3.63) is 64.4 Å². The SMILES string of the molecule is NCC#Cc1ccc(Cl)cc1NC(=O)c1cccc(F)c1. The molecule has 0 aliphatic carbocycles. The molecule has 0 spiro atoms. The number of nitrogens with two attached hydrogens (primary N) is 1. The van der Waals surface area contributed by atoms with Crippen LogP contribution in [0.1, 0.15) is 15.9 Å². The van der Waals surface area contributed by atoms with Crippen molar-refractivity contribution in [1.29, 1.82) is 0 Å². The van der Waals surface area contributed by atoms with E-state index in [0.717, 1.165) is 6.07 Å². The quantitative estimate of drug-likeness (QED) is 0.838. The van der Waals surface area contributed by atoms with Gasteiger partial charge in [-0.15, -0.1) is 0 Å². The predicted octanol–water partition coefficient (Wildman–Crippen LogP) is 3.04. The molecule has 0 radical (unpaired) electrons. The Morgan fingerprint density at radius 2 is 2.10 bits per heavy atom. The van der Waals surface area contributed by atoms with E-state index < -0.39 is 11.7 Å². The first-order chi connectivity index (χ1) is 10.1. The highest BCUT2D eigenvalue weighted by atomic mass is 35.5. The van der Waals surface area contributed by atoms with Crippen LogP contribution < -0.4 is 11.1 Å². The van der Waals surface area contributed by atoms with Crippen LogP contribution in [0.5, 0.6) is 0 Å². The van der Waals surface area contributed by atoms with E-state index in [4.69, 9.17) is 17.3 Å². The van der Waals surface area contributed by atoms with E-state index in [2.05, 4.69) is 17.2 Å². The fourth-order valence-electron chi connectivity index (χ4n) is 1.70. The number of nitrogens with one attached hydrogen (secondary N) is 1. The van der Waals surface area contributed by atoms with Gasteiger partial charge in [0.15, 0.2) is 0 Å². The van der Waals surface area contributed by atoms with Crippen LogP contribution in [-0.2, 0) is 0 Å². The average molecular weight is 303 g/mol. The summed E-state index contributed by atoms with van der Waals surface area (Å²) in [5.41, 5.74) is 6.60. The first-order valence-corrected chi connectivity index (χ1v) is 6.53. The Labute approximate surface area is 126 Å². The molecule has 0 unspecified atom stereocenters. The van der Waals surface area contributed by atoms with Crippen LogP contribution in [0.15, 0.2) is 42.5 Å². The summed E-state index contributed by atoms with van der Waals surface area (Å²) in [5.74, 6) is 4.64. The maximum absolute atomic E-state index is 13.1. The Hall–Kier alpha value is -2.35. The average Bonchev–Trinajstić information content (AvgIpc) is 2.46. The molecule has 0 saturated carbocycles. The monoisotopic (exact) mass is 302 g/mol. The van der Waals surface area contributed by atoms with Gasteiger partial charge in [-0.1, -0.05) is 29.5 Å². The van der Waals surface area contributed by atoms with Gasteiger partial charge in [0, 0.05) is 16.1 Å². The van der Waals surface area contributed by atoms with Gasteiger partial charge in [-0.25, -0.2) is 4.39 Å². The van der Waals surface area contributed by atoms with E-state index in [1.54, 1.807) is 18.2 Å². The largest absolute Gasteiger partial charge is 0.321 e. The van der Waals surface area contributed by atoms with Gasteiger partial charge >= 0.3 is 0 Å². The molecule has 0 saturated heterocycles. The van der Waals surface area contributed by atoms with Crippen molar-refractivity contribution in [2.75, 3.05) is 11.9 Å². The number of hydrogen-bond donors (Lipinski definition) is 2. The van der Waals surface area contributed by atoms with Gasteiger partial charge in [0.1, 0.15) is 5.82 Å². The van der Waals surface area contributed by atoms with Gasteiger partial charge < -0.3 is 11.1 Å². The van der Waals surface area contributed by atoms with E-state index in [1.807, 2.05) is 0 Å². The molecule has 1 amide bonds. The standard InChI is InChI=1S/C16H12ClFN2O/c17-13-7-6-11(4-2-8-19)15(10-13)20-16(21)12-3-1-5-14(18)9-12/h1,3,5-7,9-10H,8,19H2,(H,20,21). The molecule has 0 aliphatic rings. The van der Waals surface area contributed by atoms with Crippen LogP contribution in [0.4, 0.5) is 10.1 Å². The van der Waals surface area contributed by atoms with Crippen LogP contribution in [-0.4, -0.2) is 12.5 Å². The van der Waals surface area contributed by atoms with Crippen LogP contribution in [0.2, 0.25) is 5.02 Å². The lowest BCUT2D eigenvalue weighted by Crippen LogP contribution is -2.13.